The third kappa shape index (κ3) is 5.13. The molecule has 0 radical (unpaired) electrons. The molecule has 1 fully saturated rings. The zero-order valence-electron chi connectivity index (χ0n) is 9.15. The third-order valence-electron chi connectivity index (χ3n) is 2.99. The minimum Gasteiger partial charge on any atom is -0.0853 e. The second-order valence-electron chi connectivity index (χ2n) is 4.27. The van der Waals surface area contributed by atoms with Gasteiger partial charge in [-0.1, -0.05) is 44.3 Å². The van der Waals surface area contributed by atoms with Crippen molar-refractivity contribution in [2.75, 3.05) is 0 Å². The molecule has 0 aromatic rings. The van der Waals surface area contributed by atoms with E-state index in [0.717, 1.165) is 0 Å². The van der Waals surface area contributed by atoms with Crippen molar-refractivity contribution in [3.63, 3.8) is 0 Å². The molecule has 13 heavy (non-hydrogen) atoms. The molecule has 0 nitrogen and oxygen atoms in total. The molecule has 0 aromatic carbocycles. The smallest absolute Gasteiger partial charge is 0.0320 e. The fraction of sp³-hybridized carbons (Fsp3) is 0.846. The summed E-state index contributed by atoms with van der Waals surface area (Å²) in [5.41, 5.74) is 1.75. The summed E-state index contributed by atoms with van der Waals surface area (Å²) in [6.07, 6.45) is 16.6. The molecule has 1 aliphatic rings. The molecule has 0 heterocycles. The molecular formula is C13H24. The van der Waals surface area contributed by atoms with E-state index in [1.54, 1.807) is 5.57 Å². The molecule has 0 aromatic heterocycles. The Morgan fingerprint density at radius 1 is 1.00 bits per heavy atom. The maximum atomic E-state index is 2.51. The van der Waals surface area contributed by atoms with Crippen molar-refractivity contribution in [1.29, 1.82) is 0 Å². The number of allylic oxidation sites excluding steroid dienone is 2. The first-order valence-electron chi connectivity index (χ1n) is 6.11. The zero-order valence-corrected chi connectivity index (χ0v) is 9.15. The van der Waals surface area contributed by atoms with E-state index in [-0.39, 0.29) is 0 Å². The summed E-state index contributed by atoms with van der Waals surface area (Å²) in [7, 11) is 0. The highest BCUT2D eigenvalue weighted by molar-refractivity contribution is 5.05. The highest BCUT2D eigenvalue weighted by atomic mass is 14.1. The minimum atomic E-state index is 1.35. The topological polar surface area (TPSA) is 0 Å². The maximum Gasteiger partial charge on any atom is -0.0320 e. The van der Waals surface area contributed by atoms with Crippen LogP contribution in [0.15, 0.2) is 11.6 Å². The van der Waals surface area contributed by atoms with Crippen molar-refractivity contribution in [2.45, 2.75) is 71.1 Å². The van der Waals surface area contributed by atoms with Gasteiger partial charge in [-0.15, -0.1) is 0 Å². The summed E-state index contributed by atoms with van der Waals surface area (Å²) in [5, 5.41) is 0. The van der Waals surface area contributed by atoms with Gasteiger partial charge in [-0.2, -0.15) is 0 Å². The zero-order chi connectivity index (χ0) is 9.36. The second kappa shape index (κ2) is 7.17. The average Bonchev–Trinajstić information content (AvgIpc) is 2.63. The molecular weight excluding hydrogens is 156 g/mol. The second-order valence-corrected chi connectivity index (χ2v) is 4.27. The van der Waals surface area contributed by atoms with E-state index in [0.29, 0.717) is 0 Å². The Balaban J connectivity index is 1.91. The van der Waals surface area contributed by atoms with Crippen LogP contribution in [0.25, 0.3) is 0 Å². The Kier molecular flexibility index (Phi) is 5.97. The number of rotatable bonds is 6. The largest absolute Gasteiger partial charge is 0.0853 e. The molecule has 0 N–H and O–H groups in total. The lowest BCUT2D eigenvalue weighted by molar-refractivity contribution is 0.636. The van der Waals surface area contributed by atoms with Crippen LogP contribution >= 0.6 is 0 Å². The predicted octanol–water partition coefficient (Wildman–Crippen LogP) is 4.85. The molecule has 76 valence electrons. The van der Waals surface area contributed by atoms with Gasteiger partial charge >= 0.3 is 0 Å². The first-order chi connectivity index (χ1) is 6.43. The van der Waals surface area contributed by atoms with Gasteiger partial charge in [0.25, 0.3) is 0 Å². The Labute approximate surface area is 83.4 Å². The minimum absolute atomic E-state index is 1.35. The Bertz CT molecular complexity index is 136. The first kappa shape index (κ1) is 10.8. The van der Waals surface area contributed by atoms with Crippen molar-refractivity contribution in [2.24, 2.45) is 0 Å². The summed E-state index contributed by atoms with van der Waals surface area (Å²) >= 11 is 0. The molecule has 0 bridgehead atoms. The van der Waals surface area contributed by atoms with Crippen molar-refractivity contribution in [1.82, 2.24) is 0 Å². The molecule has 0 heteroatoms. The van der Waals surface area contributed by atoms with Gasteiger partial charge in [0.2, 0.25) is 0 Å². The van der Waals surface area contributed by atoms with Gasteiger partial charge in [-0.05, 0) is 38.5 Å². The molecule has 1 aliphatic carbocycles. The maximum absolute atomic E-state index is 2.51. The quantitative estimate of drug-likeness (QED) is 0.405. The monoisotopic (exact) mass is 180 g/mol. The van der Waals surface area contributed by atoms with Gasteiger partial charge in [-0.3, -0.25) is 0 Å². The fourth-order valence-corrected chi connectivity index (χ4v) is 2.09. The highest BCUT2D eigenvalue weighted by Gasteiger charge is 2.04. The predicted molar refractivity (Wildman–Crippen MR) is 59.9 cm³/mol. The number of unbranched alkanes of at least 4 members (excludes halogenated alkanes) is 5. The van der Waals surface area contributed by atoms with Gasteiger partial charge in [0.05, 0.1) is 0 Å². The van der Waals surface area contributed by atoms with E-state index < -0.39 is 0 Å². The van der Waals surface area contributed by atoms with Gasteiger partial charge in [0.15, 0.2) is 0 Å². The highest BCUT2D eigenvalue weighted by Crippen LogP contribution is 2.24. The van der Waals surface area contributed by atoms with E-state index in [9.17, 15) is 0 Å². The molecule has 0 atom stereocenters. The van der Waals surface area contributed by atoms with E-state index in [1.807, 2.05) is 0 Å². The lowest BCUT2D eigenvalue weighted by Gasteiger charge is -1.98. The van der Waals surface area contributed by atoms with Crippen LogP contribution < -0.4 is 0 Å². The van der Waals surface area contributed by atoms with Crippen molar-refractivity contribution in [3.05, 3.63) is 11.6 Å². The van der Waals surface area contributed by atoms with E-state index in [1.165, 1.54) is 64.2 Å². The SMILES string of the molecule is CCCCCCCC=C1CCCC1. The normalized spacial score (nSPS) is 16.5. The standard InChI is InChI=1S/C13H24/c1-2-3-4-5-6-7-10-13-11-8-9-12-13/h10H,2-9,11-12H2,1H3. The van der Waals surface area contributed by atoms with Gasteiger partial charge in [0, 0.05) is 0 Å². The summed E-state index contributed by atoms with van der Waals surface area (Å²) in [6.45, 7) is 2.28. The van der Waals surface area contributed by atoms with Crippen LogP contribution in [-0.4, -0.2) is 0 Å². The molecule has 0 unspecified atom stereocenters. The van der Waals surface area contributed by atoms with E-state index >= 15 is 0 Å². The molecule has 0 saturated heterocycles. The lowest BCUT2D eigenvalue weighted by atomic mass is 10.1. The summed E-state index contributed by atoms with van der Waals surface area (Å²) < 4.78 is 0. The fourth-order valence-electron chi connectivity index (χ4n) is 2.09. The van der Waals surface area contributed by atoms with E-state index in [4.69, 9.17) is 0 Å². The van der Waals surface area contributed by atoms with Crippen molar-refractivity contribution >= 4 is 0 Å². The van der Waals surface area contributed by atoms with Crippen LogP contribution in [0.3, 0.4) is 0 Å². The Morgan fingerprint density at radius 3 is 2.38 bits per heavy atom. The van der Waals surface area contributed by atoms with Crippen LogP contribution in [0.4, 0.5) is 0 Å². The summed E-state index contributed by atoms with van der Waals surface area (Å²) in [5.74, 6) is 0. The summed E-state index contributed by atoms with van der Waals surface area (Å²) in [4.78, 5) is 0. The molecule has 1 saturated carbocycles. The van der Waals surface area contributed by atoms with E-state index in [2.05, 4.69) is 13.0 Å². The third-order valence-corrected chi connectivity index (χ3v) is 2.99. The van der Waals surface area contributed by atoms with Crippen LogP contribution in [0.1, 0.15) is 71.1 Å². The molecule has 1 rings (SSSR count). The summed E-state index contributed by atoms with van der Waals surface area (Å²) in [6, 6.07) is 0. The Hall–Kier alpha value is -0.260. The molecule has 0 spiro atoms. The van der Waals surface area contributed by atoms with Crippen LogP contribution in [0.2, 0.25) is 0 Å². The number of hydrogen-bond acceptors (Lipinski definition) is 0. The van der Waals surface area contributed by atoms with Crippen molar-refractivity contribution < 1.29 is 0 Å². The van der Waals surface area contributed by atoms with Gasteiger partial charge in [-0.25, -0.2) is 0 Å². The van der Waals surface area contributed by atoms with Crippen LogP contribution in [0.5, 0.6) is 0 Å². The van der Waals surface area contributed by atoms with Gasteiger partial charge in [0.1, 0.15) is 0 Å². The molecule has 0 amide bonds. The van der Waals surface area contributed by atoms with Gasteiger partial charge < -0.3 is 0 Å². The Morgan fingerprint density at radius 2 is 1.69 bits per heavy atom. The average molecular weight is 180 g/mol. The van der Waals surface area contributed by atoms with Crippen molar-refractivity contribution in [3.8, 4) is 0 Å². The first-order valence-corrected chi connectivity index (χ1v) is 6.11. The van der Waals surface area contributed by atoms with Crippen LogP contribution in [-0.2, 0) is 0 Å². The number of hydrogen-bond donors (Lipinski definition) is 0. The molecule has 0 aliphatic heterocycles. The lowest BCUT2D eigenvalue weighted by Crippen LogP contribution is -1.78. The van der Waals surface area contributed by atoms with Crippen LogP contribution in [0, 0.1) is 0 Å².